The molecule has 0 saturated heterocycles. The Bertz CT molecular complexity index is 317. The van der Waals surface area contributed by atoms with Gasteiger partial charge in [0.05, 0.1) is 0 Å². The highest BCUT2D eigenvalue weighted by molar-refractivity contribution is 5.14. The first-order valence-electron chi connectivity index (χ1n) is 8.85. The lowest BCUT2D eigenvalue weighted by atomic mass is 9.83. The van der Waals surface area contributed by atoms with Gasteiger partial charge in [-0.2, -0.15) is 0 Å². The van der Waals surface area contributed by atoms with E-state index in [1.54, 1.807) is 5.57 Å². The van der Waals surface area contributed by atoms with Crippen molar-refractivity contribution in [2.75, 3.05) is 26.2 Å². The molecule has 1 N–H and O–H groups in total. The van der Waals surface area contributed by atoms with Crippen molar-refractivity contribution >= 4 is 0 Å². The van der Waals surface area contributed by atoms with Crippen LogP contribution in [0.15, 0.2) is 11.6 Å². The van der Waals surface area contributed by atoms with E-state index in [1.807, 2.05) is 0 Å². The molecular formula is C19H38N2. The van der Waals surface area contributed by atoms with E-state index in [0.717, 1.165) is 13.1 Å². The highest BCUT2D eigenvalue weighted by Crippen LogP contribution is 2.30. The SMILES string of the molecule is CC(C)(C)NCCCCCCN1CC=C(C(C)(C)C)CC1. The van der Waals surface area contributed by atoms with Crippen molar-refractivity contribution in [2.24, 2.45) is 5.41 Å². The fourth-order valence-corrected chi connectivity index (χ4v) is 2.87. The number of rotatable bonds is 7. The van der Waals surface area contributed by atoms with E-state index < -0.39 is 0 Å². The summed E-state index contributed by atoms with van der Waals surface area (Å²) in [5.41, 5.74) is 2.28. The predicted octanol–water partition coefficient (Wildman–Crippen LogP) is 4.61. The monoisotopic (exact) mass is 294 g/mol. The zero-order chi connectivity index (χ0) is 15.9. The molecule has 124 valence electrons. The summed E-state index contributed by atoms with van der Waals surface area (Å²) in [5, 5.41) is 3.56. The van der Waals surface area contributed by atoms with Gasteiger partial charge in [-0.05, 0) is 58.5 Å². The summed E-state index contributed by atoms with van der Waals surface area (Å²) in [4.78, 5) is 2.61. The van der Waals surface area contributed by atoms with Gasteiger partial charge in [-0.15, -0.1) is 0 Å². The summed E-state index contributed by atoms with van der Waals surface area (Å²) in [5.74, 6) is 0. The first kappa shape index (κ1) is 18.7. The second-order valence-electron chi connectivity index (χ2n) is 8.62. The van der Waals surface area contributed by atoms with Gasteiger partial charge >= 0.3 is 0 Å². The Kier molecular flexibility index (Phi) is 7.42. The Morgan fingerprint density at radius 1 is 1.00 bits per heavy atom. The fraction of sp³-hybridized carbons (Fsp3) is 0.895. The smallest absolute Gasteiger partial charge is 0.0166 e. The Labute approximate surface area is 133 Å². The van der Waals surface area contributed by atoms with Crippen LogP contribution in [0.2, 0.25) is 0 Å². The summed E-state index contributed by atoms with van der Waals surface area (Å²) in [6, 6.07) is 0. The summed E-state index contributed by atoms with van der Waals surface area (Å²) >= 11 is 0. The molecule has 0 saturated carbocycles. The van der Waals surface area contributed by atoms with Crippen LogP contribution in [0.1, 0.15) is 73.6 Å². The van der Waals surface area contributed by atoms with Crippen LogP contribution in [0.25, 0.3) is 0 Å². The second-order valence-corrected chi connectivity index (χ2v) is 8.62. The van der Waals surface area contributed by atoms with Gasteiger partial charge in [0.1, 0.15) is 0 Å². The van der Waals surface area contributed by atoms with Gasteiger partial charge in [-0.1, -0.05) is 45.3 Å². The molecule has 0 spiro atoms. The van der Waals surface area contributed by atoms with Crippen LogP contribution in [-0.4, -0.2) is 36.6 Å². The molecule has 1 aliphatic heterocycles. The number of nitrogens with one attached hydrogen (secondary N) is 1. The van der Waals surface area contributed by atoms with Crippen molar-refractivity contribution in [3.8, 4) is 0 Å². The summed E-state index contributed by atoms with van der Waals surface area (Å²) in [6.45, 7) is 18.6. The van der Waals surface area contributed by atoms with Gasteiger partial charge in [0.2, 0.25) is 0 Å². The molecule has 0 fully saturated rings. The molecular weight excluding hydrogens is 256 g/mol. The highest BCUT2D eigenvalue weighted by atomic mass is 15.1. The van der Waals surface area contributed by atoms with E-state index in [9.17, 15) is 0 Å². The average Bonchev–Trinajstić information content (AvgIpc) is 2.36. The van der Waals surface area contributed by atoms with Gasteiger partial charge in [-0.3, -0.25) is 4.90 Å². The maximum atomic E-state index is 3.56. The molecule has 0 bridgehead atoms. The Hall–Kier alpha value is -0.340. The second kappa shape index (κ2) is 8.33. The van der Waals surface area contributed by atoms with E-state index in [-0.39, 0.29) is 5.54 Å². The van der Waals surface area contributed by atoms with Gasteiger partial charge in [0, 0.05) is 18.6 Å². The molecule has 21 heavy (non-hydrogen) atoms. The van der Waals surface area contributed by atoms with E-state index in [0.29, 0.717) is 5.41 Å². The molecule has 0 aromatic carbocycles. The Balaban J connectivity index is 2.04. The lowest BCUT2D eigenvalue weighted by molar-refractivity contribution is 0.272. The molecule has 0 aromatic rings. The molecule has 1 rings (SSSR count). The van der Waals surface area contributed by atoms with Gasteiger partial charge in [0.15, 0.2) is 0 Å². The summed E-state index contributed by atoms with van der Waals surface area (Å²) < 4.78 is 0. The van der Waals surface area contributed by atoms with Crippen LogP contribution in [0.5, 0.6) is 0 Å². The lowest BCUT2D eigenvalue weighted by Crippen LogP contribution is -2.36. The standard InChI is InChI=1S/C19H38N2/c1-18(2,3)17-11-15-21(16-12-17)14-10-8-7-9-13-20-19(4,5)6/h11,20H,7-10,12-16H2,1-6H3. The topological polar surface area (TPSA) is 15.3 Å². The first-order valence-corrected chi connectivity index (χ1v) is 8.85. The molecule has 1 aliphatic rings. The van der Waals surface area contributed by atoms with Crippen molar-refractivity contribution in [1.82, 2.24) is 10.2 Å². The maximum Gasteiger partial charge on any atom is 0.0166 e. The zero-order valence-electron chi connectivity index (χ0n) is 15.4. The molecule has 2 nitrogen and oxygen atoms in total. The molecule has 0 amide bonds. The largest absolute Gasteiger partial charge is 0.312 e. The van der Waals surface area contributed by atoms with Crippen molar-refractivity contribution in [1.29, 1.82) is 0 Å². The molecule has 2 heteroatoms. The van der Waals surface area contributed by atoms with Gasteiger partial charge in [-0.25, -0.2) is 0 Å². The zero-order valence-corrected chi connectivity index (χ0v) is 15.4. The molecule has 0 aliphatic carbocycles. The quantitative estimate of drug-likeness (QED) is 0.545. The third-order valence-electron chi connectivity index (χ3n) is 4.31. The van der Waals surface area contributed by atoms with Crippen LogP contribution < -0.4 is 5.32 Å². The third-order valence-corrected chi connectivity index (χ3v) is 4.31. The van der Waals surface area contributed by atoms with Crippen LogP contribution in [0.4, 0.5) is 0 Å². The fourth-order valence-electron chi connectivity index (χ4n) is 2.87. The van der Waals surface area contributed by atoms with Gasteiger partial charge < -0.3 is 5.32 Å². The van der Waals surface area contributed by atoms with E-state index >= 15 is 0 Å². The highest BCUT2D eigenvalue weighted by Gasteiger charge is 2.20. The molecule has 1 heterocycles. The Morgan fingerprint density at radius 3 is 2.19 bits per heavy atom. The average molecular weight is 295 g/mol. The van der Waals surface area contributed by atoms with Crippen LogP contribution in [0, 0.1) is 5.41 Å². The summed E-state index contributed by atoms with van der Waals surface area (Å²) in [7, 11) is 0. The minimum Gasteiger partial charge on any atom is -0.312 e. The van der Waals surface area contributed by atoms with Crippen LogP contribution in [-0.2, 0) is 0 Å². The van der Waals surface area contributed by atoms with Crippen molar-refractivity contribution in [3.05, 3.63) is 11.6 Å². The predicted molar refractivity (Wildman–Crippen MR) is 94.8 cm³/mol. The minimum atomic E-state index is 0.269. The van der Waals surface area contributed by atoms with Crippen LogP contribution >= 0.6 is 0 Å². The molecule has 0 unspecified atom stereocenters. The van der Waals surface area contributed by atoms with Crippen molar-refractivity contribution in [2.45, 2.75) is 79.2 Å². The minimum absolute atomic E-state index is 0.269. The molecule has 0 radical (unpaired) electrons. The normalized spacial score (nSPS) is 17.9. The molecule has 0 aromatic heterocycles. The number of hydrogen-bond donors (Lipinski definition) is 1. The lowest BCUT2D eigenvalue weighted by Gasteiger charge is -2.32. The number of unbranched alkanes of at least 4 members (excludes halogenated alkanes) is 3. The maximum absolute atomic E-state index is 3.56. The van der Waals surface area contributed by atoms with Crippen molar-refractivity contribution < 1.29 is 0 Å². The Morgan fingerprint density at radius 2 is 1.67 bits per heavy atom. The third kappa shape index (κ3) is 8.63. The number of nitrogens with zero attached hydrogens (tertiary/aromatic N) is 1. The number of hydrogen-bond acceptors (Lipinski definition) is 2. The van der Waals surface area contributed by atoms with Gasteiger partial charge in [0.25, 0.3) is 0 Å². The van der Waals surface area contributed by atoms with E-state index in [2.05, 4.69) is 57.8 Å². The van der Waals surface area contributed by atoms with E-state index in [1.165, 1.54) is 45.2 Å². The van der Waals surface area contributed by atoms with E-state index in [4.69, 9.17) is 0 Å². The van der Waals surface area contributed by atoms with Crippen LogP contribution in [0.3, 0.4) is 0 Å². The molecule has 0 atom stereocenters. The first-order chi connectivity index (χ1) is 9.68. The summed E-state index contributed by atoms with van der Waals surface area (Å²) in [6.07, 6.45) is 9.13. The van der Waals surface area contributed by atoms with Crippen molar-refractivity contribution in [3.63, 3.8) is 0 Å².